The van der Waals surface area contributed by atoms with Crippen LogP contribution in [0.1, 0.15) is 46.2 Å². The summed E-state index contributed by atoms with van der Waals surface area (Å²) in [6.45, 7) is 6.63. The van der Waals surface area contributed by atoms with Crippen LogP contribution in [-0.4, -0.2) is 18.1 Å². The van der Waals surface area contributed by atoms with Gasteiger partial charge in [-0.05, 0) is 39.0 Å². The molecular formula is C15H20N2O3. The highest BCUT2D eigenvalue weighted by Crippen LogP contribution is 2.21. The average molecular weight is 276 g/mol. The summed E-state index contributed by atoms with van der Waals surface area (Å²) in [5, 5.41) is 3.40. The molecule has 0 radical (unpaired) electrons. The van der Waals surface area contributed by atoms with E-state index in [9.17, 15) is 4.79 Å². The van der Waals surface area contributed by atoms with Gasteiger partial charge in [0.2, 0.25) is 0 Å². The average Bonchev–Trinajstić information content (AvgIpc) is 3.01. The van der Waals surface area contributed by atoms with E-state index in [1.807, 2.05) is 26.0 Å². The highest BCUT2D eigenvalue weighted by molar-refractivity contribution is 5.87. The van der Waals surface area contributed by atoms with Gasteiger partial charge in [0.1, 0.15) is 17.2 Å². The minimum absolute atomic E-state index is 0.178. The van der Waals surface area contributed by atoms with E-state index >= 15 is 0 Å². The molecule has 20 heavy (non-hydrogen) atoms. The van der Waals surface area contributed by atoms with Crippen LogP contribution in [0.5, 0.6) is 0 Å². The van der Waals surface area contributed by atoms with E-state index in [4.69, 9.17) is 4.42 Å². The summed E-state index contributed by atoms with van der Waals surface area (Å²) in [6, 6.07) is 5.82. The Labute approximate surface area is 118 Å². The van der Waals surface area contributed by atoms with Crippen LogP contribution in [0.15, 0.2) is 22.6 Å². The summed E-state index contributed by atoms with van der Waals surface area (Å²) in [7, 11) is 1.37. The first-order valence-electron chi connectivity index (χ1n) is 6.57. The van der Waals surface area contributed by atoms with Crippen molar-refractivity contribution in [2.24, 2.45) is 0 Å². The molecule has 0 spiro atoms. The predicted octanol–water partition coefficient (Wildman–Crippen LogP) is 2.86. The van der Waals surface area contributed by atoms with Gasteiger partial charge in [-0.25, -0.2) is 4.79 Å². The van der Waals surface area contributed by atoms with Crippen molar-refractivity contribution in [3.05, 3.63) is 46.7 Å². The fraction of sp³-hybridized carbons (Fsp3) is 0.400. The first-order chi connectivity index (χ1) is 9.51. The number of hydrogen-bond acceptors (Lipinski definition) is 4. The van der Waals surface area contributed by atoms with Gasteiger partial charge in [-0.2, -0.15) is 0 Å². The maximum atomic E-state index is 11.3. The van der Waals surface area contributed by atoms with Crippen LogP contribution in [0.25, 0.3) is 0 Å². The molecule has 0 fully saturated rings. The molecule has 2 heterocycles. The molecule has 0 saturated carbocycles. The van der Waals surface area contributed by atoms with Gasteiger partial charge in [-0.3, -0.25) is 0 Å². The summed E-state index contributed by atoms with van der Waals surface area (Å²) in [6.07, 6.45) is 0. The van der Waals surface area contributed by atoms with E-state index in [0.29, 0.717) is 12.2 Å². The molecule has 0 aromatic carbocycles. The highest BCUT2D eigenvalue weighted by atomic mass is 16.5. The smallest absolute Gasteiger partial charge is 0.354 e. The van der Waals surface area contributed by atoms with Crippen molar-refractivity contribution >= 4 is 5.97 Å². The normalized spacial score (nSPS) is 12.4. The van der Waals surface area contributed by atoms with Crippen LogP contribution >= 0.6 is 0 Å². The maximum absolute atomic E-state index is 11.3. The summed E-state index contributed by atoms with van der Waals surface area (Å²) >= 11 is 0. The number of methoxy groups -OCH3 is 1. The Morgan fingerprint density at radius 2 is 2.20 bits per heavy atom. The van der Waals surface area contributed by atoms with Gasteiger partial charge in [0.05, 0.1) is 7.11 Å². The van der Waals surface area contributed by atoms with E-state index in [2.05, 4.69) is 22.0 Å². The Kier molecular flexibility index (Phi) is 4.29. The fourth-order valence-corrected chi connectivity index (χ4v) is 2.23. The van der Waals surface area contributed by atoms with Crippen molar-refractivity contribution in [1.82, 2.24) is 10.3 Å². The third kappa shape index (κ3) is 3.11. The molecule has 2 rings (SSSR count). The summed E-state index contributed by atoms with van der Waals surface area (Å²) in [5.74, 6) is 1.49. The van der Waals surface area contributed by atoms with E-state index in [1.54, 1.807) is 6.07 Å². The standard InChI is InChI=1S/C15H20N2O3/c1-9-7-13(11(3)20-9)10(2)16-8-12-5-6-14(17-12)15(18)19-4/h5-7,10,16-17H,8H2,1-4H3. The number of aromatic nitrogens is 1. The van der Waals surface area contributed by atoms with Gasteiger partial charge in [0.15, 0.2) is 0 Å². The number of ether oxygens (including phenoxy) is 1. The van der Waals surface area contributed by atoms with Crippen molar-refractivity contribution in [2.45, 2.75) is 33.4 Å². The zero-order valence-corrected chi connectivity index (χ0v) is 12.2. The molecular weight excluding hydrogens is 256 g/mol. The van der Waals surface area contributed by atoms with Crippen molar-refractivity contribution in [3.8, 4) is 0 Å². The summed E-state index contributed by atoms with van der Waals surface area (Å²) in [5.41, 5.74) is 2.56. The lowest BCUT2D eigenvalue weighted by Crippen LogP contribution is -2.18. The van der Waals surface area contributed by atoms with Gasteiger partial charge < -0.3 is 19.5 Å². The van der Waals surface area contributed by atoms with E-state index in [-0.39, 0.29) is 12.0 Å². The van der Waals surface area contributed by atoms with Crippen LogP contribution < -0.4 is 5.32 Å². The van der Waals surface area contributed by atoms with Gasteiger partial charge in [0.25, 0.3) is 0 Å². The Hall–Kier alpha value is -2.01. The van der Waals surface area contributed by atoms with Crippen LogP contribution in [0.4, 0.5) is 0 Å². The monoisotopic (exact) mass is 276 g/mol. The first-order valence-corrected chi connectivity index (χ1v) is 6.57. The topological polar surface area (TPSA) is 67.3 Å². The Morgan fingerprint density at radius 1 is 1.45 bits per heavy atom. The van der Waals surface area contributed by atoms with Gasteiger partial charge >= 0.3 is 5.97 Å². The molecule has 0 aliphatic heterocycles. The van der Waals surface area contributed by atoms with E-state index in [1.165, 1.54) is 7.11 Å². The quantitative estimate of drug-likeness (QED) is 0.824. The number of carbonyl (C=O) groups is 1. The molecule has 0 aliphatic rings. The number of rotatable bonds is 5. The van der Waals surface area contributed by atoms with Crippen LogP contribution in [0.3, 0.4) is 0 Å². The summed E-state index contributed by atoms with van der Waals surface area (Å²) in [4.78, 5) is 14.4. The van der Waals surface area contributed by atoms with E-state index in [0.717, 1.165) is 22.8 Å². The molecule has 0 saturated heterocycles. The second-order valence-electron chi connectivity index (χ2n) is 4.86. The van der Waals surface area contributed by atoms with Crippen LogP contribution in [0, 0.1) is 13.8 Å². The van der Waals surface area contributed by atoms with Crippen molar-refractivity contribution in [2.75, 3.05) is 7.11 Å². The molecule has 0 aliphatic carbocycles. The minimum Gasteiger partial charge on any atom is -0.466 e. The number of nitrogens with one attached hydrogen (secondary N) is 2. The molecule has 1 unspecified atom stereocenters. The second-order valence-corrected chi connectivity index (χ2v) is 4.86. The largest absolute Gasteiger partial charge is 0.466 e. The number of hydrogen-bond donors (Lipinski definition) is 2. The minimum atomic E-state index is -0.356. The summed E-state index contributed by atoms with van der Waals surface area (Å²) < 4.78 is 10.2. The molecule has 5 heteroatoms. The predicted molar refractivity (Wildman–Crippen MR) is 75.6 cm³/mol. The van der Waals surface area contributed by atoms with E-state index < -0.39 is 0 Å². The third-order valence-corrected chi connectivity index (χ3v) is 3.30. The van der Waals surface area contributed by atoms with Crippen LogP contribution in [0.2, 0.25) is 0 Å². The first kappa shape index (κ1) is 14.4. The maximum Gasteiger partial charge on any atom is 0.354 e. The number of carbonyl (C=O) groups excluding carboxylic acids is 1. The molecule has 108 valence electrons. The third-order valence-electron chi connectivity index (χ3n) is 3.30. The number of esters is 1. The number of aromatic amines is 1. The van der Waals surface area contributed by atoms with Crippen molar-refractivity contribution in [1.29, 1.82) is 0 Å². The lowest BCUT2D eigenvalue weighted by atomic mass is 10.1. The lowest BCUT2D eigenvalue weighted by molar-refractivity contribution is 0.0594. The SMILES string of the molecule is COC(=O)c1ccc(CNC(C)c2cc(C)oc2C)[nH]1. The zero-order valence-electron chi connectivity index (χ0n) is 12.2. The van der Waals surface area contributed by atoms with Crippen LogP contribution in [-0.2, 0) is 11.3 Å². The number of aryl methyl sites for hydroxylation is 2. The Bertz CT molecular complexity index is 598. The molecule has 2 aromatic heterocycles. The Balaban J connectivity index is 1.96. The fourth-order valence-electron chi connectivity index (χ4n) is 2.23. The number of H-pyrrole nitrogens is 1. The molecule has 0 amide bonds. The lowest BCUT2D eigenvalue weighted by Gasteiger charge is -2.12. The molecule has 2 aromatic rings. The van der Waals surface area contributed by atoms with Crippen molar-refractivity contribution < 1.29 is 13.9 Å². The zero-order chi connectivity index (χ0) is 14.7. The number of furan rings is 1. The van der Waals surface area contributed by atoms with Gasteiger partial charge in [-0.15, -0.1) is 0 Å². The second kappa shape index (κ2) is 5.96. The molecule has 2 N–H and O–H groups in total. The van der Waals surface area contributed by atoms with Gasteiger partial charge in [0, 0.05) is 23.8 Å². The van der Waals surface area contributed by atoms with Crippen molar-refractivity contribution in [3.63, 3.8) is 0 Å². The highest BCUT2D eigenvalue weighted by Gasteiger charge is 2.13. The molecule has 0 bridgehead atoms. The molecule has 5 nitrogen and oxygen atoms in total. The Morgan fingerprint density at radius 3 is 2.80 bits per heavy atom. The van der Waals surface area contributed by atoms with Gasteiger partial charge in [-0.1, -0.05) is 0 Å². The molecule has 1 atom stereocenters.